The molecule has 2 aromatic rings. The van der Waals surface area contributed by atoms with Gasteiger partial charge in [0.15, 0.2) is 5.78 Å². The lowest BCUT2D eigenvalue weighted by molar-refractivity contribution is 0.0699. The summed E-state index contributed by atoms with van der Waals surface area (Å²) in [6.45, 7) is 6.60. The number of rotatable bonds is 2. The Morgan fingerprint density at radius 3 is 2.76 bits per heavy atom. The van der Waals surface area contributed by atoms with E-state index in [1.165, 1.54) is 18.4 Å². The van der Waals surface area contributed by atoms with Crippen molar-refractivity contribution in [3.05, 3.63) is 35.5 Å². The van der Waals surface area contributed by atoms with Gasteiger partial charge in [-0.1, -0.05) is 38.8 Å². The predicted octanol–water partition coefficient (Wildman–Crippen LogP) is 4.89. The summed E-state index contributed by atoms with van der Waals surface area (Å²) in [5.74, 6) is 0.507. The van der Waals surface area contributed by atoms with Crippen LogP contribution in [0.4, 0.5) is 0 Å². The zero-order chi connectivity index (χ0) is 15.2. The normalized spacial score (nSPS) is 21.6. The third-order valence-electron chi connectivity index (χ3n) is 5.24. The number of fused-ring (bicyclic) bond motifs is 1. The molecule has 2 heteroatoms. The molecule has 1 aliphatic carbocycles. The van der Waals surface area contributed by atoms with Crippen LogP contribution in [0.3, 0.4) is 0 Å². The van der Waals surface area contributed by atoms with Crippen molar-refractivity contribution in [3.63, 3.8) is 0 Å². The van der Waals surface area contributed by atoms with Crippen LogP contribution >= 0.6 is 0 Å². The highest BCUT2D eigenvalue weighted by Gasteiger charge is 2.38. The monoisotopic (exact) mass is 283 g/mol. The van der Waals surface area contributed by atoms with Crippen molar-refractivity contribution in [1.29, 1.82) is 0 Å². The first-order valence-corrected chi connectivity index (χ1v) is 8.00. The highest BCUT2D eigenvalue weighted by atomic mass is 16.1. The van der Waals surface area contributed by atoms with Crippen molar-refractivity contribution in [2.75, 3.05) is 0 Å². The fourth-order valence-corrected chi connectivity index (χ4v) is 3.86. The summed E-state index contributed by atoms with van der Waals surface area (Å²) in [6, 6.07) is 6.37. The lowest BCUT2D eigenvalue weighted by Crippen LogP contribution is -2.34. The van der Waals surface area contributed by atoms with E-state index in [1.54, 1.807) is 0 Å². The first-order chi connectivity index (χ1) is 9.90. The molecule has 0 aliphatic heterocycles. The molecular formula is C19H25NO. The van der Waals surface area contributed by atoms with Crippen LogP contribution in [0.25, 0.3) is 10.9 Å². The van der Waals surface area contributed by atoms with Gasteiger partial charge < -0.3 is 4.57 Å². The highest BCUT2D eigenvalue weighted by Crippen LogP contribution is 2.43. The van der Waals surface area contributed by atoms with Gasteiger partial charge in [0.1, 0.15) is 0 Å². The Labute approximate surface area is 127 Å². The Bertz CT molecular complexity index is 693. The van der Waals surface area contributed by atoms with Crippen LogP contribution in [-0.2, 0) is 7.05 Å². The summed E-state index contributed by atoms with van der Waals surface area (Å²) in [6.07, 6.45) is 6.66. The number of benzene rings is 1. The van der Waals surface area contributed by atoms with E-state index in [0.717, 1.165) is 29.3 Å². The number of ketones is 1. The van der Waals surface area contributed by atoms with Gasteiger partial charge in [-0.25, -0.2) is 0 Å². The number of carbonyl (C=O) groups excluding carboxylic acids is 1. The second-order valence-corrected chi connectivity index (χ2v) is 7.33. The molecule has 21 heavy (non-hydrogen) atoms. The molecule has 1 heterocycles. The van der Waals surface area contributed by atoms with Crippen molar-refractivity contribution < 1.29 is 4.79 Å². The maximum absolute atomic E-state index is 13.1. The number of aryl methyl sites for hydroxylation is 2. The number of nitrogens with zero attached hydrogens (tertiary/aromatic N) is 1. The van der Waals surface area contributed by atoms with Crippen LogP contribution in [0, 0.1) is 18.3 Å². The molecule has 1 saturated carbocycles. The standard InChI is InChI=1S/C19H25NO/c1-13-8-9-14-15(12-20(4)17(14)11-13)18(21)16-7-5-6-10-19(16,2)3/h8-9,11-12,16H,5-7,10H2,1-4H3. The van der Waals surface area contributed by atoms with Crippen molar-refractivity contribution in [2.24, 2.45) is 18.4 Å². The summed E-state index contributed by atoms with van der Waals surface area (Å²) >= 11 is 0. The van der Waals surface area contributed by atoms with Gasteiger partial charge in [-0.15, -0.1) is 0 Å². The SMILES string of the molecule is Cc1ccc2c(C(=O)C3CCCCC3(C)C)cn(C)c2c1. The number of hydrogen-bond donors (Lipinski definition) is 0. The minimum atomic E-state index is 0.127. The summed E-state index contributed by atoms with van der Waals surface area (Å²) in [5.41, 5.74) is 3.43. The largest absolute Gasteiger partial charge is 0.350 e. The fraction of sp³-hybridized carbons (Fsp3) is 0.526. The molecular weight excluding hydrogens is 258 g/mol. The first kappa shape index (κ1) is 14.4. The van der Waals surface area contributed by atoms with Crippen LogP contribution in [0.2, 0.25) is 0 Å². The van der Waals surface area contributed by atoms with E-state index in [0.29, 0.717) is 5.78 Å². The molecule has 1 atom stereocenters. The molecule has 0 N–H and O–H groups in total. The van der Waals surface area contributed by atoms with Gasteiger partial charge in [-0.2, -0.15) is 0 Å². The third-order valence-corrected chi connectivity index (χ3v) is 5.24. The van der Waals surface area contributed by atoms with Crippen LogP contribution in [0.1, 0.15) is 55.5 Å². The van der Waals surface area contributed by atoms with Crippen molar-refractivity contribution >= 4 is 16.7 Å². The van der Waals surface area contributed by atoms with Gasteiger partial charge in [0.25, 0.3) is 0 Å². The van der Waals surface area contributed by atoms with E-state index in [4.69, 9.17) is 0 Å². The Hall–Kier alpha value is -1.57. The van der Waals surface area contributed by atoms with Crippen LogP contribution in [0.5, 0.6) is 0 Å². The highest BCUT2D eigenvalue weighted by molar-refractivity contribution is 6.09. The van der Waals surface area contributed by atoms with Crippen molar-refractivity contribution in [3.8, 4) is 0 Å². The van der Waals surface area contributed by atoms with Crippen LogP contribution in [-0.4, -0.2) is 10.4 Å². The summed E-state index contributed by atoms with van der Waals surface area (Å²) in [4.78, 5) is 13.1. The quantitative estimate of drug-likeness (QED) is 0.719. The smallest absolute Gasteiger partial charge is 0.168 e. The second-order valence-electron chi connectivity index (χ2n) is 7.33. The van der Waals surface area contributed by atoms with E-state index in [2.05, 4.69) is 43.5 Å². The van der Waals surface area contributed by atoms with Crippen molar-refractivity contribution in [2.45, 2.75) is 46.5 Å². The van der Waals surface area contributed by atoms with Gasteiger partial charge >= 0.3 is 0 Å². The second kappa shape index (κ2) is 5.01. The number of hydrogen-bond acceptors (Lipinski definition) is 1. The lowest BCUT2D eigenvalue weighted by atomic mass is 9.66. The Kier molecular flexibility index (Phi) is 3.43. The number of Topliss-reactive ketones (excluding diaryl/α,β-unsaturated/α-hetero) is 1. The van der Waals surface area contributed by atoms with Gasteiger partial charge in [-0.3, -0.25) is 4.79 Å². The number of carbonyl (C=O) groups is 1. The summed E-state index contributed by atoms with van der Waals surface area (Å²) in [7, 11) is 2.03. The maximum atomic E-state index is 13.1. The molecule has 1 aromatic heterocycles. The topological polar surface area (TPSA) is 22.0 Å². The van der Waals surface area contributed by atoms with Gasteiger partial charge in [0.05, 0.1) is 0 Å². The average Bonchev–Trinajstić information content (AvgIpc) is 2.75. The Morgan fingerprint density at radius 2 is 2.05 bits per heavy atom. The molecule has 1 aromatic carbocycles. The van der Waals surface area contributed by atoms with E-state index >= 15 is 0 Å². The maximum Gasteiger partial charge on any atom is 0.168 e. The molecule has 0 amide bonds. The number of aromatic nitrogens is 1. The average molecular weight is 283 g/mol. The minimum absolute atomic E-state index is 0.127. The molecule has 0 radical (unpaired) electrons. The van der Waals surface area contributed by atoms with Gasteiger partial charge in [-0.05, 0) is 36.8 Å². The molecule has 3 rings (SSSR count). The molecule has 0 spiro atoms. The third kappa shape index (κ3) is 2.41. The van der Waals surface area contributed by atoms with Gasteiger partial charge in [0.2, 0.25) is 0 Å². The van der Waals surface area contributed by atoms with Crippen LogP contribution in [0.15, 0.2) is 24.4 Å². The molecule has 2 nitrogen and oxygen atoms in total. The summed E-state index contributed by atoms with van der Waals surface area (Å²) in [5, 5.41) is 1.11. The van der Waals surface area contributed by atoms with E-state index < -0.39 is 0 Å². The fourth-order valence-electron chi connectivity index (χ4n) is 3.86. The van der Waals surface area contributed by atoms with E-state index in [-0.39, 0.29) is 11.3 Å². The van der Waals surface area contributed by atoms with Crippen molar-refractivity contribution in [1.82, 2.24) is 4.57 Å². The zero-order valence-electron chi connectivity index (χ0n) is 13.6. The first-order valence-electron chi connectivity index (χ1n) is 8.00. The van der Waals surface area contributed by atoms with E-state index in [9.17, 15) is 4.79 Å². The van der Waals surface area contributed by atoms with E-state index in [1.807, 2.05) is 13.2 Å². The molecule has 0 saturated heterocycles. The molecule has 112 valence electrons. The molecule has 1 fully saturated rings. The molecule has 1 unspecified atom stereocenters. The summed E-state index contributed by atoms with van der Waals surface area (Å²) < 4.78 is 2.09. The van der Waals surface area contributed by atoms with Crippen LogP contribution < -0.4 is 0 Å². The minimum Gasteiger partial charge on any atom is -0.350 e. The molecule has 0 bridgehead atoms. The Balaban J connectivity index is 2.06. The predicted molar refractivity (Wildman–Crippen MR) is 87.7 cm³/mol. The lowest BCUT2D eigenvalue weighted by Gasteiger charge is -2.37. The van der Waals surface area contributed by atoms with Gasteiger partial charge in [0, 0.05) is 35.6 Å². The zero-order valence-corrected chi connectivity index (χ0v) is 13.6. The Morgan fingerprint density at radius 1 is 1.29 bits per heavy atom. The molecule has 1 aliphatic rings.